The summed E-state index contributed by atoms with van der Waals surface area (Å²) in [4.78, 5) is 11.4. The molecule has 6 nitrogen and oxygen atoms in total. The van der Waals surface area contributed by atoms with Gasteiger partial charge in [-0.2, -0.15) is 0 Å². The van der Waals surface area contributed by atoms with Crippen molar-refractivity contribution in [1.82, 2.24) is 4.72 Å². The summed E-state index contributed by atoms with van der Waals surface area (Å²) in [5, 5.41) is 9.04. The molecular formula is C12H17NO5S. The van der Waals surface area contributed by atoms with Crippen LogP contribution in [0.25, 0.3) is 0 Å². The number of esters is 1. The number of benzene rings is 1. The molecule has 19 heavy (non-hydrogen) atoms. The second-order valence-corrected chi connectivity index (χ2v) is 5.58. The summed E-state index contributed by atoms with van der Waals surface area (Å²) in [6.07, 6.45) is 0.441. The minimum atomic E-state index is -3.88. The molecule has 0 saturated carbocycles. The summed E-state index contributed by atoms with van der Waals surface area (Å²) in [5.74, 6) is -0.724. The fraction of sp³-hybridized carbons (Fsp3) is 0.417. The molecule has 0 radical (unpaired) electrons. The molecule has 0 aromatic heterocycles. The van der Waals surface area contributed by atoms with E-state index in [0.717, 1.165) is 0 Å². The average molecular weight is 287 g/mol. The normalized spacial score (nSPS) is 13.0. The smallest absolute Gasteiger partial charge is 0.339 e. The highest BCUT2D eigenvalue weighted by molar-refractivity contribution is 7.89. The van der Waals surface area contributed by atoms with E-state index < -0.39 is 22.0 Å². The highest BCUT2D eigenvalue weighted by Gasteiger charge is 2.24. The molecule has 0 aliphatic carbocycles. The zero-order chi connectivity index (χ0) is 14.5. The third-order valence-electron chi connectivity index (χ3n) is 2.62. The number of carbonyl (C=O) groups excluding carboxylic acids is 1. The summed E-state index contributed by atoms with van der Waals surface area (Å²) in [6, 6.07) is 5.17. The lowest BCUT2D eigenvalue weighted by molar-refractivity contribution is 0.0596. The Morgan fingerprint density at radius 2 is 2.05 bits per heavy atom. The summed E-state index contributed by atoms with van der Waals surface area (Å²) in [6.45, 7) is 1.44. The first kappa shape index (κ1) is 15.6. The van der Waals surface area contributed by atoms with Crippen molar-refractivity contribution in [1.29, 1.82) is 0 Å². The van der Waals surface area contributed by atoms with Crippen molar-refractivity contribution in [2.45, 2.75) is 24.3 Å². The van der Waals surface area contributed by atoms with Crippen molar-refractivity contribution < 1.29 is 23.1 Å². The van der Waals surface area contributed by atoms with Crippen molar-refractivity contribution >= 4 is 16.0 Å². The fourth-order valence-electron chi connectivity index (χ4n) is 1.51. The van der Waals surface area contributed by atoms with Gasteiger partial charge >= 0.3 is 5.97 Å². The van der Waals surface area contributed by atoms with Crippen molar-refractivity contribution in [3.05, 3.63) is 29.8 Å². The number of hydrogen-bond acceptors (Lipinski definition) is 5. The first-order valence-electron chi connectivity index (χ1n) is 5.76. The minimum absolute atomic E-state index is 0.0368. The molecule has 0 unspecified atom stereocenters. The van der Waals surface area contributed by atoms with Crippen LogP contribution in [0, 0.1) is 0 Å². The molecule has 1 atom stereocenters. The van der Waals surface area contributed by atoms with Gasteiger partial charge in [0.2, 0.25) is 10.0 Å². The van der Waals surface area contributed by atoms with Crippen LogP contribution in [0.2, 0.25) is 0 Å². The highest BCUT2D eigenvalue weighted by Crippen LogP contribution is 2.16. The Bertz CT molecular complexity index is 537. The molecule has 0 spiro atoms. The minimum Gasteiger partial charge on any atom is -0.465 e. The third kappa shape index (κ3) is 3.76. The molecule has 0 aliphatic heterocycles. The first-order valence-corrected chi connectivity index (χ1v) is 7.25. The molecule has 1 aromatic rings. The first-order chi connectivity index (χ1) is 8.96. The van der Waals surface area contributed by atoms with Crippen molar-refractivity contribution in [3.8, 4) is 0 Å². The van der Waals surface area contributed by atoms with Gasteiger partial charge in [0.15, 0.2) is 0 Å². The van der Waals surface area contributed by atoms with E-state index in [0.29, 0.717) is 6.42 Å². The third-order valence-corrected chi connectivity index (χ3v) is 4.20. The quantitative estimate of drug-likeness (QED) is 0.744. The van der Waals surface area contributed by atoms with Crippen LogP contribution in [0.15, 0.2) is 29.2 Å². The van der Waals surface area contributed by atoms with Gasteiger partial charge in [0.25, 0.3) is 0 Å². The van der Waals surface area contributed by atoms with Gasteiger partial charge in [-0.3, -0.25) is 0 Å². The van der Waals surface area contributed by atoms with Crippen molar-refractivity contribution in [3.63, 3.8) is 0 Å². The summed E-state index contributed by atoms with van der Waals surface area (Å²) >= 11 is 0. The van der Waals surface area contributed by atoms with E-state index in [2.05, 4.69) is 9.46 Å². The van der Waals surface area contributed by atoms with Crippen LogP contribution >= 0.6 is 0 Å². The van der Waals surface area contributed by atoms with Gasteiger partial charge < -0.3 is 9.84 Å². The molecule has 0 heterocycles. The number of ether oxygens (including phenoxy) is 1. The van der Waals surface area contributed by atoms with Crippen molar-refractivity contribution in [2.24, 2.45) is 0 Å². The topological polar surface area (TPSA) is 92.7 Å². The average Bonchev–Trinajstić information content (AvgIpc) is 2.43. The van der Waals surface area contributed by atoms with Crippen LogP contribution in [0.1, 0.15) is 23.7 Å². The molecule has 1 rings (SSSR count). The number of methoxy groups -OCH3 is 1. The molecule has 0 aliphatic rings. The van der Waals surface area contributed by atoms with Crippen LogP contribution in [-0.2, 0) is 14.8 Å². The van der Waals surface area contributed by atoms with Gasteiger partial charge in [-0.1, -0.05) is 19.1 Å². The highest BCUT2D eigenvalue weighted by atomic mass is 32.2. The molecule has 0 bridgehead atoms. The number of hydrogen-bond donors (Lipinski definition) is 2. The number of aliphatic hydroxyl groups is 1. The molecular weight excluding hydrogens is 270 g/mol. The van der Waals surface area contributed by atoms with E-state index in [-0.39, 0.29) is 17.1 Å². The van der Waals surface area contributed by atoms with Crippen LogP contribution in [-0.4, -0.2) is 39.3 Å². The number of aliphatic hydroxyl groups excluding tert-OH is 1. The van der Waals surface area contributed by atoms with E-state index in [4.69, 9.17) is 5.11 Å². The largest absolute Gasteiger partial charge is 0.465 e. The Balaban J connectivity index is 3.18. The molecule has 0 saturated heterocycles. The molecule has 7 heteroatoms. The van der Waals surface area contributed by atoms with Crippen LogP contribution in [0.3, 0.4) is 0 Å². The molecule has 1 aromatic carbocycles. The monoisotopic (exact) mass is 287 g/mol. The van der Waals surface area contributed by atoms with E-state index in [9.17, 15) is 13.2 Å². The maximum absolute atomic E-state index is 12.2. The lowest BCUT2D eigenvalue weighted by Gasteiger charge is -2.15. The van der Waals surface area contributed by atoms with Gasteiger partial charge in [0.1, 0.15) is 0 Å². The molecule has 106 valence electrons. The zero-order valence-electron chi connectivity index (χ0n) is 10.8. The van der Waals surface area contributed by atoms with Crippen molar-refractivity contribution in [2.75, 3.05) is 13.7 Å². The standard InChI is InChI=1S/C12H17NO5S/c1-3-9(8-14)13-19(16,17)11-7-5-4-6-10(11)12(15)18-2/h4-7,9,13-14H,3,8H2,1-2H3/t9-/m1/s1. The maximum Gasteiger partial charge on any atom is 0.339 e. The molecule has 2 N–H and O–H groups in total. The number of carbonyl (C=O) groups is 1. The lowest BCUT2D eigenvalue weighted by Crippen LogP contribution is -2.37. The predicted molar refractivity (Wildman–Crippen MR) is 69.3 cm³/mol. The Morgan fingerprint density at radius 3 is 2.58 bits per heavy atom. The Labute approximate surface area is 112 Å². The summed E-state index contributed by atoms with van der Waals surface area (Å²) < 4.78 is 31.2. The fourth-order valence-corrected chi connectivity index (χ4v) is 3.02. The molecule has 0 amide bonds. The Hall–Kier alpha value is -1.44. The SMILES string of the molecule is CC[C@H](CO)NS(=O)(=O)c1ccccc1C(=O)OC. The zero-order valence-corrected chi connectivity index (χ0v) is 11.6. The second kappa shape index (κ2) is 6.65. The van der Waals surface area contributed by atoms with E-state index >= 15 is 0 Å². The van der Waals surface area contributed by atoms with E-state index in [1.165, 1.54) is 25.3 Å². The lowest BCUT2D eigenvalue weighted by atomic mass is 10.2. The summed E-state index contributed by atoms with van der Waals surface area (Å²) in [7, 11) is -2.70. The van der Waals surface area contributed by atoms with E-state index in [1.807, 2.05) is 0 Å². The number of rotatable bonds is 6. The van der Waals surface area contributed by atoms with Gasteiger partial charge in [-0.25, -0.2) is 17.9 Å². The number of nitrogens with one attached hydrogen (secondary N) is 1. The number of sulfonamides is 1. The second-order valence-electron chi connectivity index (χ2n) is 3.90. The van der Waals surface area contributed by atoms with Gasteiger partial charge in [-0.15, -0.1) is 0 Å². The van der Waals surface area contributed by atoms with Crippen LogP contribution < -0.4 is 4.72 Å². The maximum atomic E-state index is 12.2. The summed E-state index contributed by atoms with van der Waals surface area (Å²) in [5.41, 5.74) is -0.0368. The van der Waals surface area contributed by atoms with Gasteiger partial charge in [0.05, 0.1) is 24.2 Å². The van der Waals surface area contributed by atoms with E-state index in [1.54, 1.807) is 13.0 Å². The van der Waals surface area contributed by atoms with Crippen LogP contribution in [0.5, 0.6) is 0 Å². The molecule has 0 fully saturated rings. The Morgan fingerprint density at radius 1 is 1.42 bits per heavy atom. The van der Waals surface area contributed by atoms with Gasteiger partial charge in [-0.05, 0) is 18.6 Å². The van der Waals surface area contributed by atoms with Gasteiger partial charge in [0, 0.05) is 6.04 Å². The Kier molecular flexibility index (Phi) is 5.46. The predicted octanol–water partition coefficient (Wildman–Crippen LogP) is 0.522. The van der Waals surface area contributed by atoms with Crippen LogP contribution in [0.4, 0.5) is 0 Å².